The van der Waals surface area contributed by atoms with E-state index < -0.39 is 18.2 Å². The molecular formula is C37H41Cl2N5O5. The summed E-state index contributed by atoms with van der Waals surface area (Å²) in [5.41, 5.74) is 4.41. The number of halogens is 2. The van der Waals surface area contributed by atoms with E-state index in [1.807, 2.05) is 68.4 Å². The summed E-state index contributed by atoms with van der Waals surface area (Å²) < 4.78 is 0. The SMILES string of the molecule is Cc1cc(C)cc(C(=O)N2CCN(C(=O)CNC3C[C@H]4CC3CN4C(=O)N(CCc3ccccc3)C(=O)O)[C@H](c3ccc(Cl)c(Cl)c3)C2)c1. The second-order valence-electron chi connectivity index (χ2n) is 13.4. The number of aryl methyl sites for hydroxylation is 2. The zero-order valence-corrected chi connectivity index (χ0v) is 29.2. The van der Waals surface area contributed by atoms with Crippen molar-refractivity contribution in [2.75, 3.05) is 39.3 Å². The maximum atomic E-state index is 13.8. The van der Waals surface area contributed by atoms with E-state index in [0.717, 1.165) is 33.6 Å². The van der Waals surface area contributed by atoms with Gasteiger partial charge in [0.2, 0.25) is 5.91 Å². The van der Waals surface area contributed by atoms with Crippen LogP contribution in [-0.4, -0.2) is 100.0 Å². The van der Waals surface area contributed by atoms with Crippen LogP contribution in [0.3, 0.4) is 0 Å². The Hall–Kier alpha value is -4.12. The highest BCUT2D eigenvalue weighted by Gasteiger charge is 2.48. The second kappa shape index (κ2) is 14.8. The molecular weight excluding hydrogens is 665 g/mol. The van der Waals surface area contributed by atoms with E-state index in [-0.39, 0.29) is 42.9 Å². The van der Waals surface area contributed by atoms with Crippen molar-refractivity contribution in [3.8, 4) is 0 Å². The molecule has 3 aromatic carbocycles. The minimum Gasteiger partial charge on any atom is -0.465 e. The van der Waals surface area contributed by atoms with E-state index in [9.17, 15) is 24.3 Å². The van der Waals surface area contributed by atoms with Crippen LogP contribution in [-0.2, 0) is 11.2 Å². The lowest BCUT2D eigenvalue weighted by atomic mass is 10.00. The molecule has 12 heteroatoms. The summed E-state index contributed by atoms with van der Waals surface area (Å²) in [4.78, 5) is 59.0. The Morgan fingerprint density at radius 2 is 1.61 bits per heavy atom. The van der Waals surface area contributed by atoms with Gasteiger partial charge in [-0.15, -0.1) is 0 Å². The smallest absolute Gasteiger partial charge is 0.415 e. The Bertz CT molecular complexity index is 1720. The number of rotatable bonds is 8. The normalized spacial score (nSPS) is 21.6. The summed E-state index contributed by atoms with van der Waals surface area (Å²) in [6, 6.07) is 19.7. The fourth-order valence-corrected chi connectivity index (χ4v) is 7.93. The quantitative estimate of drug-likeness (QED) is 0.296. The van der Waals surface area contributed by atoms with Gasteiger partial charge in [0.25, 0.3) is 5.91 Å². The maximum Gasteiger partial charge on any atom is 0.415 e. The molecule has 2 unspecified atom stereocenters. The molecule has 5 amide bonds. The predicted molar refractivity (Wildman–Crippen MR) is 188 cm³/mol. The first kappa shape index (κ1) is 34.7. The zero-order valence-electron chi connectivity index (χ0n) is 27.6. The number of nitrogens with zero attached hydrogens (tertiary/aromatic N) is 4. The number of piperidine rings is 1. The number of carboxylic acid groups (broad SMARTS) is 1. The average molecular weight is 707 g/mol. The van der Waals surface area contributed by atoms with Crippen LogP contribution in [0.25, 0.3) is 0 Å². The van der Waals surface area contributed by atoms with Crippen molar-refractivity contribution in [2.45, 2.75) is 51.2 Å². The Kier molecular flexibility index (Phi) is 10.5. The van der Waals surface area contributed by atoms with Gasteiger partial charge in [0.1, 0.15) is 0 Å². The van der Waals surface area contributed by atoms with Gasteiger partial charge in [0.05, 0.1) is 22.6 Å². The molecule has 10 nitrogen and oxygen atoms in total. The Balaban J connectivity index is 1.08. The van der Waals surface area contributed by atoms with Gasteiger partial charge in [0.15, 0.2) is 0 Å². The van der Waals surface area contributed by atoms with E-state index in [4.69, 9.17) is 23.2 Å². The van der Waals surface area contributed by atoms with Crippen molar-refractivity contribution >= 4 is 47.1 Å². The summed E-state index contributed by atoms with van der Waals surface area (Å²) in [6.45, 7) is 5.63. The molecule has 2 bridgehead atoms. The summed E-state index contributed by atoms with van der Waals surface area (Å²) in [7, 11) is 0. The minimum absolute atomic E-state index is 0.0245. The highest BCUT2D eigenvalue weighted by atomic mass is 35.5. The number of carbonyl (C=O) groups excluding carboxylic acids is 3. The van der Waals surface area contributed by atoms with Crippen molar-refractivity contribution in [1.82, 2.24) is 24.9 Å². The summed E-state index contributed by atoms with van der Waals surface area (Å²) in [5.74, 6) is -0.0578. The monoisotopic (exact) mass is 705 g/mol. The lowest BCUT2D eigenvalue weighted by Crippen LogP contribution is -2.55. The molecule has 0 radical (unpaired) electrons. The highest BCUT2D eigenvalue weighted by molar-refractivity contribution is 6.42. The maximum absolute atomic E-state index is 13.8. The lowest BCUT2D eigenvalue weighted by molar-refractivity contribution is -0.135. The van der Waals surface area contributed by atoms with Gasteiger partial charge < -0.3 is 25.1 Å². The molecule has 3 aliphatic rings. The molecule has 3 aromatic rings. The molecule has 0 aromatic heterocycles. The highest BCUT2D eigenvalue weighted by Crippen LogP contribution is 2.39. The van der Waals surface area contributed by atoms with Crippen molar-refractivity contribution in [3.63, 3.8) is 0 Å². The molecule has 1 aliphatic carbocycles. The van der Waals surface area contributed by atoms with E-state index >= 15 is 0 Å². The molecule has 2 saturated heterocycles. The molecule has 2 heterocycles. The third-order valence-corrected chi connectivity index (χ3v) is 10.8. The van der Waals surface area contributed by atoms with Crippen LogP contribution in [0.1, 0.15) is 51.5 Å². The number of imide groups is 1. The predicted octanol–water partition coefficient (Wildman–Crippen LogP) is 6.03. The number of piperazine rings is 1. The summed E-state index contributed by atoms with van der Waals surface area (Å²) >= 11 is 12.6. The number of likely N-dealkylation sites (tertiary alicyclic amines) is 1. The number of carbonyl (C=O) groups is 4. The number of hydrogen-bond acceptors (Lipinski definition) is 5. The van der Waals surface area contributed by atoms with Crippen molar-refractivity contribution in [2.24, 2.45) is 5.92 Å². The minimum atomic E-state index is -1.25. The van der Waals surface area contributed by atoms with Gasteiger partial charge in [0, 0.05) is 50.4 Å². The van der Waals surface area contributed by atoms with Crippen LogP contribution in [0.2, 0.25) is 10.0 Å². The third kappa shape index (κ3) is 7.71. The molecule has 49 heavy (non-hydrogen) atoms. The Morgan fingerprint density at radius 1 is 0.878 bits per heavy atom. The first-order chi connectivity index (χ1) is 23.5. The van der Waals surface area contributed by atoms with Gasteiger partial charge in [-0.1, -0.05) is 76.8 Å². The van der Waals surface area contributed by atoms with Crippen molar-refractivity contribution in [1.29, 1.82) is 0 Å². The third-order valence-electron chi connectivity index (χ3n) is 10.0. The van der Waals surface area contributed by atoms with Gasteiger partial charge in [-0.3, -0.25) is 9.59 Å². The van der Waals surface area contributed by atoms with Crippen LogP contribution in [0.5, 0.6) is 0 Å². The lowest BCUT2D eigenvalue weighted by Gasteiger charge is -2.42. The molecule has 258 valence electrons. The number of amides is 5. The number of nitrogens with one attached hydrogen (secondary N) is 1. The number of benzene rings is 3. The summed E-state index contributed by atoms with van der Waals surface area (Å²) in [6.07, 6.45) is 0.597. The fourth-order valence-electron chi connectivity index (χ4n) is 7.62. The van der Waals surface area contributed by atoms with E-state index in [2.05, 4.69) is 5.32 Å². The Morgan fingerprint density at radius 3 is 2.27 bits per heavy atom. The van der Waals surface area contributed by atoms with Gasteiger partial charge >= 0.3 is 12.1 Å². The van der Waals surface area contributed by atoms with E-state index in [0.29, 0.717) is 54.6 Å². The number of urea groups is 1. The Labute approximate surface area is 296 Å². The van der Waals surface area contributed by atoms with Gasteiger partial charge in [-0.25, -0.2) is 14.5 Å². The molecule has 0 spiro atoms. The zero-order chi connectivity index (χ0) is 34.8. The average Bonchev–Trinajstić information content (AvgIpc) is 3.69. The largest absolute Gasteiger partial charge is 0.465 e. The second-order valence-corrected chi connectivity index (χ2v) is 14.2. The van der Waals surface area contributed by atoms with Crippen molar-refractivity contribution < 1.29 is 24.3 Å². The van der Waals surface area contributed by atoms with Crippen LogP contribution in [0, 0.1) is 19.8 Å². The molecule has 2 aliphatic heterocycles. The van der Waals surface area contributed by atoms with Gasteiger partial charge in [-0.05, 0) is 74.4 Å². The molecule has 3 fully saturated rings. The number of fused-ring (bicyclic) bond motifs is 2. The first-order valence-corrected chi connectivity index (χ1v) is 17.4. The van der Waals surface area contributed by atoms with Crippen LogP contribution < -0.4 is 5.32 Å². The van der Waals surface area contributed by atoms with E-state index in [1.54, 1.807) is 26.8 Å². The summed E-state index contributed by atoms with van der Waals surface area (Å²) in [5, 5.41) is 14.1. The van der Waals surface area contributed by atoms with Crippen LogP contribution in [0.15, 0.2) is 66.7 Å². The molecule has 2 N–H and O–H groups in total. The molecule has 4 atom stereocenters. The fraction of sp³-hybridized carbons (Fsp3) is 0.405. The number of hydrogen-bond donors (Lipinski definition) is 2. The van der Waals surface area contributed by atoms with Crippen LogP contribution >= 0.6 is 23.2 Å². The topological polar surface area (TPSA) is 114 Å². The standard InChI is InChI=1S/C37H41Cl2N5O5/c1-23-14-24(2)16-27(15-23)35(46)41-12-13-42(33(22-41)26-8-9-30(38)31(39)18-26)34(45)20-40-32-19-29-17-28(32)21-44(29)36(47)43(37(48)49)11-10-25-6-4-3-5-7-25/h3-9,14-16,18,28-29,32-33,40H,10-13,17,19-22H2,1-2H3,(H,48,49)/t28?,29-,32?,33+/m1/s1. The molecule has 1 saturated carbocycles. The van der Waals surface area contributed by atoms with Crippen molar-refractivity contribution in [3.05, 3.63) is 105 Å². The van der Waals surface area contributed by atoms with Crippen LogP contribution in [0.4, 0.5) is 9.59 Å². The van der Waals surface area contributed by atoms with Gasteiger partial charge in [-0.2, -0.15) is 0 Å². The molecule has 6 rings (SSSR count). The first-order valence-electron chi connectivity index (χ1n) is 16.7. The van der Waals surface area contributed by atoms with E-state index in [1.165, 1.54) is 0 Å².